The van der Waals surface area contributed by atoms with Gasteiger partial charge in [-0.1, -0.05) is 6.92 Å². The Kier molecular flexibility index (Phi) is 4.36. The van der Waals surface area contributed by atoms with Crippen LogP contribution in [0.15, 0.2) is 0 Å². The summed E-state index contributed by atoms with van der Waals surface area (Å²) in [6, 6.07) is 0.329. The molecule has 5 saturated carbocycles. The Balaban J connectivity index is 1.58. The third kappa shape index (κ3) is 2.00. The number of ether oxygens (including phenoxy) is 3. The summed E-state index contributed by atoms with van der Waals surface area (Å²) in [4.78, 5) is 2.67. The summed E-state index contributed by atoms with van der Waals surface area (Å²) in [6.45, 7) is 5.11. The van der Waals surface area contributed by atoms with Crippen LogP contribution in [0.1, 0.15) is 39.0 Å². The van der Waals surface area contributed by atoms with Gasteiger partial charge in [-0.2, -0.15) is 0 Å². The zero-order chi connectivity index (χ0) is 21.1. The molecule has 6 aliphatic rings. The first kappa shape index (κ1) is 20.4. The fourth-order valence-electron chi connectivity index (χ4n) is 10.7. The molecular formula is C24H39NO5. The maximum absolute atomic E-state index is 12.4. The largest absolute Gasteiger partial charge is 0.392 e. The van der Waals surface area contributed by atoms with Gasteiger partial charge in [-0.3, -0.25) is 4.90 Å². The molecule has 0 unspecified atom stereocenters. The summed E-state index contributed by atoms with van der Waals surface area (Å²) in [6.07, 6.45) is 4.52. The van der Waals surface area contributed by atoms with Crippen molar-refractivity contribution in [2.45, 2.75) is 69.0 Å². The van der Waals surface area contributed by atoms with Crippen molar-refractivity contribution >= 4 is 0 Å². The molecule has 5 aliphatic carbocycles. The Morgan fingerprint density at radius 2 is 1.90 bits per heavy atom. The molecule has 2 N–H and O–H groups in total. The first-order chi connectivity index (χ1) is 14.4. The van der Waals surface area contributed by atoms with Gasteiger partial charge in [-0.25, -0.2) is 0 Å². The predicted molar refractivity (Wildman–Crippen MR) is 111 cm³/mol. The fourth-order valence-corrected chi connectivity index (χ4v) is 10.7. The van der Waals surface area contributed by atoms with E-state index in [0.29, 0.717) is 18.4 Å². The van der Waals surface area contributed by atoms with Crippen LogP contribution in [0.5, 0.6) is 0 Å². The highest BCUT2D eigenvalue weighted by molar-refractivity contribution is 5.33. The molecule has 7 bridgehead atoms. The van der Waals surface area contributed by atoms with E-state index in [0.717, 1.165) is 45.4 Å². The molecule has 0 aromatic carbocycles. The van der Waals surface area contributed by atoms with E-state index >= 15 is 0 Å². The van der Waals surface area contributed by atoms with Gasteiger partial charge in [0.25, 0.3) is 0 Å². The van der Waals surface area contributed by atoms with Gasteiger partial charge in [-0.15, -0.1) is 0 Å². The SMILES string of the molecule is CCN1C[C@]2(COC)CC[C@H](OC)[C@@]34[C@@H]5C[C@H]6[C@@H](O)[C@@H]5[C@](O)(C[C@@H]6OC)[C@@H](C[C@H]23)[C@@H]14. The van der Waals surface area contributed by atoms with Crippen LogP contribution in [0.4, 0.5) is 0 Å². The molecule has 0 aromatic rings. The van der Waals surface area contributed by atoms with E-state index in [1.54, 1.807) is 7.11 Å². The van der Waals surface area contributed by atoms with E-state index in [4.69, 9.17) is 14.2 Å². The molecular weight excluding hydrogens is 382 g/mol. The van der Waals surface area contributed by atoms with Crippen molar-refractivity contribution in [3.05, 3.63) is 0 Å². The van der Waals surface area contributed by atoms with Crippen molar-refractivity contribution in [2.24, 2.45) is 40.4 Å². The highest BCUT2D eigenvalue weighted by Crippen LogP contribution is 2.79. The fraction of sp³-hybridized carbons (Fsp3) is 1.00. The average molecular weight is 422 g/mol. The van der Waals surface area contributed by atoms with Gasteiger partial charge in [0.05, 0.1) is 30.5 Å². The molecule has 6 rings (SSSR count). The second-order valence-corrected chi connectivity index (χ2v) is 11.5. The lowest BCUT2D eigenvalue weighted by atomic mass is 9.43. The monoisotopic (exact) mass is 421 g/mol. The van der Waals surface area contributed by atoms with E-state index in [-0.39, 0.29) is 46.7 Å². The van der Waals surface area contributed by atoms with Crippen LogP contribution in [0.25, 0.3) is 0 Å². The minimum atomic E-state index is -0.847. The van der Waals surface area contributed by atoms with E-state index < -0.39 is 11.7 Å². The van der Waals surface area contributed by atoms with Gasteiger partial charge in [0, 0.05) is 68.9 Å². The lowest BCUT2D eigenvalue weighted by molar-refractivity contribution is -0.276. The lowest BCUT2D eigenvalue weighted by Crippen LogP contribution is -2.76. The molecule has 170 valence electrons. The number of hydrogen-bond donors (Lipinski definition) is 2. The number of rotatable bonds is 5. The second kappa shape index (κ2) is 6.42. The van der Waals surface area contributed by atoms with Crippen molar-refractivity contribution in [3.63, 3.8) is 0 Å². The number of aliphatic hydroxyl groups is 2. The summed E-state index contributed by atoms with van der Waals surface area (Å²) in [7, 11) is 5.48. The number of aliphatic hydroxyl groups excluding tert-OH is 1. The summed E-state index contributed by atoms with van der Waals surface area (Å²) in [5.41, 5.74) is -0.719. The van der Waals surface area contributed by atoms with Gasteiger partial charge < -0.3 is 24.4 Å². The molecule has 6 fully saturated rings. The first-order valence-corrected chi connectivity index (χ1v) is 12.1. The molecule has 1 spiro atoms. The molecule has 30 heavy (non-hydrogen) atoms. The van der Waals surface area contributed by atoms with Gasteiger partial charge in [-0.05, 0) is 44.1 Å². The molecule has 1 aliphatic heterocycles. The third-order valence-electron chi connectivity index (χ3n) is 11.2. The molecule has 1 saturated heterocycles. The predicted octanol–water partition coefficient (Wildman–Crippen LogP) is 1.53. The van der Waals surface area contributed by atoms with Gasteiger partial charge in [0.2, 0.25) is 0 Å². The topological polar surface area (TPSA) is 71.4 Å². The quantitative estimate of drug-likeness (QED) is 0.702. The van der Waals surface area contributed by atoms with Crippen molar-refractivity contribution in [1.82, 2.24) is 4.90 Å². The third-order valence-corrected chi connectivity index (χ3v) is 11.2. The zero-order valence-corrected chi connectivity index (χ0v) is 18.9. The van der Waals surface area contributed by atoms with E-state index in [1.165, 1.54) is 0 Å². The molecule has 1 heterocycles. The first-order valence-electron chi connectivity index (χ1n) is 12.1. The Hall–Kier alpha value is -0.240. The number of methoxy groups -OCH3 is 3. The summed E-state index contributed by atoms with van der Waals surface area (Å²) >= 11 is 0. The van der Waals surface area contributed by atoms with Gasteiger partial charge in [0.15, 0.2) is 0 Å². The minimum Gasteiger partial charge on any atom is -0.392 e. The smallest absolute Gasteiger partial charge is 0.0771 e. The summed E-state index contributed by atoms with van der Waals surface area (Å²) in [5.74, 6) is 1.03. The van der Waals surface area contributed by atoms with Crippen LogP contribution in [0, 0.1) is 40.4 Å². The van der Waals surface area contributed by atoms with Gasteiger partial charge >= 0.3 is 0 Å². The molecule has 6 nitrogen and oxygen atoms in total. The van der Waals surface area contributed by atoms with Crippen LogP contribution in [0.2, 0.25) is 0 Å². The van der Waals surface area contributed by atoms with Crippen molar-refractivity contribution in [1.29, 1.82) is 0 Å². The van der Waals surface area contributed by atoms with Crippen LogP contribution in [0.3, 0.4) is 0 Å². The number of hydrogen-bond acceptors (Lipinski definition) is 6. The Morgan fingerprint density at radius 3 is 2.57 bits per heavy atom. The van der Waals surface area contributed by atoms with Crippen LogP contribution >= 0.6 is 0 Å². The molecule has 0 radical (unpaired) electrons. The van der Waals surface area contributed by atoms with E-state index in [2.05, 4.69) is 11.8 Å². The number of nitrogens with zero attached hydrogens (tertiary/aromatic N) is 1. The Bertz CT molecular complexity index is 720. The highest BCUT2D eigenvalue weighted by atomic mass is 16.5. The van der Waals surface area contributed by atoms with E-state index in [1.807, 2.05) is 14.2 Å². The van der Waals surface area contributed by atoms with E-state index in [9.17, 15) is 10.2 Å². The Labute approximate surface area is 180 Å². The normalized spacial score (nSPS) is 60.8. The molecule has 6 heteroatoms. The lowest BCUT2D eigenvalue weighted by Gasteiger charge is -2.69. The van der Waals surface area contributed by atoms with Crippen LogP contribution < -0.4 is 0 Å². The Morgan fingerprint density at radius 1 is 1.10 bits per heavy atom. The second-order valence-electron chi connectivity index (χ2n) is 11.5. The van der Waals surface area contributed by atoms with Crippen LogP contribution in [-0.2, 0) is 14.2 Å². The van der Waals surface area contributed by atoms with Crippen molar-refractivity contribution < 1.29 is 24.4 Å². The summed E-state index contributed by atoms with van der Waals surface area (Å²) < 4.78 is 18.0. The maximum atomic E-state index is 12.4. The summed E-state index contributed by atoms with van der Waals surface area (Å²) in [5, 5.41) is 23.8. The van der Waals surface area contributed by atoms with Crippen molar-refractivity contribution in [2.75, 3.05) is 41.0 Å². The number of piperidine rings is 1. The minimum absolute atomic E-state index is 0.000283. The standard InChI is InChI=1S/C24H39NO5/c1-5-25-11-22(12-28-2)7-6-18(30-4)24-14-8-13-16(29-3)10-23(27,19(14)20(13)26)15(21(24)25)9-17(22)24/h13-21,26-27H,5-12H2,1-4H3/t13-,14-,15+,16+,17-,18+,19-,20-,21-,22+,23+,24-/m1/s1. The molecule has 0 aromatic heterocycles. The molecule has 0 amide bonds. The molecule has 12 atom stereocenters. The number of fused-ring (bicyclic) bond motifs is 2. The zero-order valence-electron chi connectivity index (χ0n) is 18.9. The van der Waals surface area contributed by atoms with Crippen molar-refractivity contribution in [3.8, 4) is 0 Å². The maximum Gasteiger partial charge on any atom is 0.0771 e. The average Bonchev–Trinajstić information content (AvgIpc) is 3.15. The van der Waals surface area contributed by atoms with Gasteiger partial charge in [0.1, 0.15) is 0 Å². The van der Waals surface area contributed by atoms with Crippen LogP contribution in [-0.4, -0.2) is 86.1 Å². The highest BCUT2D eigenvalue weighted by Gasteiger charge is 2.83. The number of likely N-dealkylation sites (tertiary alicyclic amines) is 1.